The molecule has 0 aliphatic carbocycles. The van der Waals surface area contributed by atoms with E-state index >= 15 is 0 Å². The second-order valence-corrected chi connectivity index (χ2v) is 8.87. The predicted octanol–water partition coefficient (Wildman–Crippen LogP) is 6.81. The minimum Gasteiger partial charge on any atom is -0.423 e. The summed E-state index contributed by atoms with van der Waals surface area (Å²) in [6.07, 6.45) is 0. The van der Waals surface area contributed by atoms with Gasteiger partial charge in [0.15, 0.2) is 0 Å². The normalized spacial score (nSPS) is 11.1. The van der Waals surface area contributed by atoms with Crippen molar-refractivity contribution in [3.05, 3.63) is 133 Å². The molecule has 172 valence electrons. The Kier molecular flexibility index (Phi) is 5.74. The zero-order valence-corrected chi connectivity index (χ0v) is 19.6. The van der Waals surface area contributed by atoms with E-state index in [1.54, 1.807) is 6.07 Å². The van der Waals surface area contributed by atoms with Gasteiger partial charge >= 0.3 is 7.12 Å². The number of hydrogen-bond acceptors (Lipinski definition) is 3. The molecule has 4 heteroatoms. The Hall–Kier alpha value is -4.38. The maximum absolute atomic E-state index is 9.98. The quantitative estimate of drug-likeness (QED) is 0.275. The van der Waals surface area contributed by atoms with Gasteiger partial charge in [0.25, 0.3) is 0 Å². The van der Waals surface area contributed by atoms with Gasteiger partial charge in [-0.15, -0.1) is 0 Å². The fraction of sp³-hybridized carbons (Fsp3) is 0. The zero-order valence-electron chi connectivity index (χ0n) is 19.6. The van der Waals surface area contributed by atoms with E-state index < -0.39 is 7.12 Å². The molecule has 0 aromatic heterocycles. The average molecular weight is 465 g/mol. The van der Waals surface area contributed by atoms with Crippen LogP contribution in [0, 0.1) is 0 Å². The molecule has 0 radical (unpaired) electrons. The molecule has 36 heavy (non-hydrogen) atoms. The molecule has 0 aliphatic heterocycles. The Labute approximate surface area is 210 Å². The monoisotopic (exact) mass is 465 g/mol. The minimum absolute atomic E-state index is 0.493. The molecule has 0 fully saturated rings. The summed E-state index contributed by atoms with van der Waals surface area (Å²) in [6.45, 7) is 0. The molecule has 0 unspecified atom stereocenters. The molecule has 0 saturated heterocycles. The number of nitrogens with zero attached hydrogens (tertiary/aromatic N) is 1. The van der Waals surface area contributed by atoms with Crippen molar-refractivity contribution in [2.24, 2.45) is 0 Å². The van der Waals surface area contributed by atoms with Crippen LogP contribution in [-0.4, -0.2) is 17.2 Å². The van der Waals surface area contributed by atoms with E-state index in [0.29, 0.717) is 5.46 Å². The first-order chi connectivity index (χ1) is 17.7. The van der Waals surface area contributed by atoms with Gasteiger partial charge in [-0.3, -0.25) is 0 Å². The number of fused-ring (bicyclic) bond motifs is 2. The van der Waals surface area contributed by atoms with Crippen LogP contribution in [0.1, 0.15) is 0 Å². The van der Waals surface area contributed by atoms with Gasteiger partial charge in [-0.05, 0) is 63.1 Å². The van der Waals surface area contributed by atoms with E-state index in [0.717, 1.165) is 38.8 Å². The third kappa shape index (κ3) is 4.03. The molecule has 0 bridgehead atoms. The van der Waals surface area contributed by atoms with Gasteiger partial charge in [-0.25, -0.2) is 0 Å². The van der Waals surface area contributed by atoms with Gasteiger partial charge < -0.3 is 14.9 Å². The van der Waals surface area contributed by atoms with Crippen molar-refractivity contribution in [3.8, 4) is 11.1 Å². The van der Waals surface area contributed by atoms with Crippen LogP contribution in [0.3, 0.4) is 0 Å². The van der Waals surface area contributed by atoms with E-state index in [-0.39, 0.29) is 0 Å². The van der Waals surface area contributed by atoms with Crippen LogP contribution < -0.4 is 10.4 Å². The van der Waals surface area contributed by atoms with Crippen molar-refractivity contribution < 1.29 is 10.0 Å². The first kappa shape index (κ1) is 22.1. The Morgan fingerprint density at radius 1 is 0.472 bits per heavy atom. The van der Waals surface area contributed by atoms with Crippen LogP contribution in [0.25, 0.3) is 32.7 Å². The molecule has 0 atom stereocenters. The summed E-state index contributed by atoms with van der Waals surface area (Å²) < 4.78 is 0. The van der Waals surface area contributed by atoms with Gasteiger partial charge in [-0.2, -0.15) is 0 Å². The van der Waals surface area contributed by atoms with Crippen LogP contribution in [0.4, 0.5) is 17.1 Å². The van der Waals surface area contributed by atoms with E-state index in [1.807, 2.05) is 48.5 Å². The van der Waals surface area contributed by atoms with Crippen molar-refractivity contribution in [2.75, 3.05) is 4.90 Å². The molecule has 6 rings (SSSR count). The smallest absolute Gasteiger partial charge is 0.423 e. The van der Waals surface area contributed by atoms with E-state index in [2.05, 4.69) is 83.8 Å². The van der Waals surface area contributed by atoms with Crippen LogP contribution in [0.2, 0.25) is 0 Å². The molecule has 6 aromatic rings. The molecule has 0 amide bonds. The first-order valence-corrected chi connectivity index (χ1v) is 12.0. The summed E-state index contributed by atoms with van der Waals surface area (Å²) in [5.41, 5.74) is 5.84. The fourth-order valence-corrected chi connectivity index (χ4v) is 4.90. The molecular formula is C32H24BNO2. The van der Waals surface area contributed by atoms with Gasteiger partial charge in [0.2, 0.25) is 0 Å². The zero-order chi connectivity index (χ0) is 24.5. The maximum Gasteiger partial charge on any atom is 0.489 e. The van der Waals surface area contributed by atoms with E-state index in [4.69, 9.17) is 0 Å². The lowest BCUT2D eigenvalue weighted by Crippen LogP contribution is -2.30. The lowest BCUT2D eigenvalue weighted by Gasteiger charge is -2.28. The molecule has 6 aromatic carbocycles. The lowest BCUT2D eigenvalue weighted by atomic mass is 9.77. The number of anilines is 3. The largest absolute Gasteiger partial charge is 0.489 e. The summed E-state index contributed by atoms with van der Waals surface area (Å²) in [6, 6.07) is 45.4. The highest BCUT2D eigenvalue weighted by atomic mass is 16.4. The minimum atomic E-state index is -1.54. The first-order valence-electron chi connectivity index (χ1n) is 12.0. The number of rotatable bonds is 5. The highest BCUT2D eigenvalue weighted by molar-refractivity contribution is 6.62. The second kappa shape index (κ2) is 9.35. The summed E-state index contributed by atoms with van der Waals surface area (Å²) in [5, 5.41) is 24.1. The molecule has 0 aliphatic rings. The van der Waals surface area contributed by atoms with Crippen molar-refractivity contribution in [1.82, 2.24) is 0 Å². The Balaban J connectivity index is 1.56. The van der Waals surface area contributed by atoms with Crippen molar-refractivity contribution in [2.45, 2.75) is 0 Å². The maximum atomic E-state index is 9.98. The van der Waals surface area contributed by atoms with Gasteiger partial charge in [0, 0.05) is 16.8 Å². The summed E-state index contributed by atoms with van der Waals surface area (Å²) >= 11 is 0. The summed E-state index contributed by atoms with van der Waals surface area (Å²) in [4.78, 5) is 2.23. The predicted molar refractivity (Wildman–Crippen MR) is 151 cm³/mol. The topological polar surface area (TPSA) is 43.7 Å². The Morgan fingerprint density at radius 3 is 1.83 bits per heavy atom. The Bertz CT molecular complexity index is 1660. The SMILES string of the molecule is OB(O)c1ccc(N(c2ccc(-c3ccccc3)cc2)c2ccc3ccccc3c2)c2ccccc12. The fourth-order valence-electron chi connectivity index (χ4n) is 4.90. The van der Waals surface area contributed by atoms with Crippen LogP contribution in [0.15, 0.2) is 133 Å². The molecule has 2 N–H and O–H groups in total. The van der Waals surface area contributed by atoms with E-state index in [9.17, 15) is 10.0 Å². The van der Waals surface area contributed by atoms with Gasteiger partial charge in [0.1, 0.15) is 0 Å². The van der Waals surface area contributed by atoms with Gasteiger partial charge in [0.05, 0.1) is 5.69 Å². The lowest BCUT2D eigenvalue weighted by molar-refractivity contribution is 0.426. The average Bonchev–Trinajstić information content (AvgIpc) is 2.94. The van der Waals surface area contributed by atoms with Crippen molar-refractivity contribution in [3.63, 3.8) is 0 Å². The van der Waals surface area contributed by atoms with Crippen LogP contribution >= 0.6 is 0 Å². The standard InChI is InChI=1S/C32H24BNO2/c35-33(36)31-20-21-32(30-13-7-6-12-29(30)31)34(28-19-16-24-10-4-5-11-26(24)22-28)27-17-14-25(15-18-27)23-8-2-1-3-9-23/h1-22,35-36H. The molecule has 0 heterocycles. The van der Waals surface area contributed by atoms with Crippen molar-refractivity contribution >= 4 is 51.2 Å². The van der Waals surface area contributed by atoms with Gasteiger partial charge in [-0.1, -0.05) is 103 Å². The van der Waals surface area contributed by atoms with Crippen LogP contribution in [0.5, 0.6) is 0 Å². The number of hydrogen-bond donors (Lipinski definition) is 2. The molecular weight excluding hydrogens is 441 g/mol. The molecule has 3 nitrogen and oxygen atoms in total. The highest BCUT2D eigenvalue weighted by Crippen LogP contribution is 2.40. The van der Waals surface area contributed by atoms with Crippen molar-refractivity contribution in [1.29, 1.82) is 0 Å². The number of benzene rings is 6. The summed E-state index contributed by atoms with van der Waals surface area (Å²) in [7, 11) is -1.54. The molecule has 0 saturated carbocycles. The van der Waals surface area contributed by atoms with Crippen LogP contribution in [-0.2, 0) is 0 Å². The molecule has 0 spiro atoms. The third-order valence-corrected chi connectivity index (χ3v) is 6.68. The second-order valence-electron chi connectivity index (χ2n) is 8.87. The van der Waals surface area contributed by atoms with E-state index in [1.165, 1.54) is 10.9 Å². The highest BCUT2D eigenvalue weighted by Gasteiger charge is 2.20. The summed E-state index contributed by atoms with van der Waals surface area (Å²) in [5.74, 6) is 0. The third-order valence-electron chi connectivity index (χ3n) is 6.68. The Morgan fingerprint density at radius 2 is 1.08 bits per heavy atom.